The van der Waals surface area contributed by atoms with Gasteiger partial charge in [0.05, 0.1) is 22.9 Å². The summed E-state index contributed by atoms with van der Waals surface area (Å²) in [6, 6.07) is 22.6. The lowest BCUT2D eigenvalue weighted by Crippen LogP contribution is -2.56. The first-order valence-electron chi connectivity index (χ1n) is 25.9. The van der Waals surface area contributed by atoms with Gasteiger partial charge in [0.15, 0.2) is 0 Å². The Morgan fingerprint density at radius 1 is 0.840 bits per heavy atom. The number of carbonyl (C=O) groups is 3. The molecule has 402 valence electrons. The Hall–Kier alpha value is -6.45. The van der Waals surface area contributed by atoms with Crippen molar-refractivity contribution in [2.45, 2.75) is 108 Å². The average Bonchev–Trinajstić information content (AvgIpc) is 3.72. The predicted octanol–water partition coefficient (Wildman–Crippen LogP) is 4.33. The number of aromatic nitrogens is 2. The summed E-state index contributed by atoms with van der Waals surface area (Å²) in [7, 11) is -5.72. The lowest BCUT2D eigenvalue weighted by Gasteiger charge is -2.31. The van der Waals surface area contributed by atoms with Crippen molar-refractivity contribution in [2.75, 3.05) is 57.8 Å². The number of carbonyl (C=O) groups excluding carboxylic acids is 3. The van der Waals surface area contributed by atoms with E-state index >= 15 is 0 Å². The van der Waals surface area contributed by atoms with E-state index in [-0.39, 0.29) is 49.7 Å². The molecule has 2 atom stereocenters. The minimum absolute atomic E-state index is 0.0279. The molecule has 3 amide bonds. The highest BCUT2D eigenvalue weighted by Crippen LogP contribution is 2.43. The van der Waals surface area contributed by atoms with Crippen LogP contribution in [0, 0.1) is 0 Å². The molecule has 1 saturated heterocycles. The van der Waals surface area contributed by atoms with Crippen molar-refractivity contribution >= 4 is 54.5 Å². The van der Waals surface area contributed by atoms with Gasteiger partial charge in [-0.3, -0.25) is 14.4 Å². The highest BCUT2D eigenvalue weighted by molar-refractivity contribution is 7.89. The second kappa shape index (κ2) is 24.9. The first-order valence-corrected chi connectivity index (χ1v) is 28.8. The molecule has 0 saturated carbocycles. The van der Waals surface area contributed by atoms with Crippen LogP contribution in [0.25, 0.3) is 33.4 Å². The summed E-state index contributed by atoms with van der Waals surface area (Å²) in [6.07, 6.45) is 6.19. The third kappa shape index (κ3) is 14.1. The number of nitrogens with zero attached hydrogens (tertiary/aromatic N) is 5. The highest BCUT2D eigenvalue weighted by Gasteiger charge is 2.31. The van der Waals surface area contributed by atoms with E-state index in [1.165, 1.54) is 19.1 Å². The fraction of sp³-hybridized carbons (Fsp3) is 0.436. The van der Waals surface area contributed by atoms with E-state index in [9.17, 15) is 35.8 Å². The summed E-state index contributed by atoms with van der Waals surface area (Å²) in [5.41, 5.74) is 4.22. The van der Waals surface area contributed by atoms with Crippen molar-refractivity contribution in [1.82, 2.24) is 34.7 Å². The van der Waals surface area contributed by atoms with Gasteiger partial charge in [-0.05, 0) is 116 Å². The molecule has 0 radical (unpaired) electrons. The molecule has 0 spiro atoms. The average molecular weight is 1070 g/mol. The molecule has 0 unspecified atom stereocenters. The van der Waals surface area contributed by atoms with Crippen LogP contribution in [0.3, 0.4) is 0 Å². The normalized spacial score (nSPS) is 14.4. The van der Waals surface area contributed by atoms with Crippen LogP contribution in [0.2, 0.25) is 0 Å². The van der Waals surface area contributed by atoms with Gasteiger partial charge < -0.3 is 34.7 Å². The van der Waals surface area contributed by atoms with Gasteiger partial charge in [-0.2, -0.15) is 0 Å². The smallest absolute Gasteiger partial charge is 0.244 e. The molecule has 7 rings (SSSR count). The predicted molar refractivity (Wildman–Crippen MR) is 288 cm³/mol. The van der Waals surface area contributed by atoms with Crippen LogP contribution in [0.1, 0.15) is 78.0 Å². The molecule has 4 N–H and O–H groups in total. The van der Waals surface area contributed by atoms with E-state index < -0.39 is 53.8 Å². The zero-order valence-electron chi connectivity index (χ0n) is 44.1. The molecule has 3 heterocycles. The minimum atomic E-state index is -5.26. The number of anilines is 1. The standard InChI is InChI=1S/C55H71N9O9S2/c1-8-63(9-2)41-20-23-45-50(32-41)73-51-33-42(64(10-3)11-4)21-24-46(51)53(45)47-25-22-44(34-52(47)75(70,71)72)74(68,69)56-28-16-15-19-48(57-38(5)65)54(66)59-49(55(67)58-40-26-29-60(6)30-27-40)31-43-36-62(37-61(43)7)35-39-17-13-12-14-18-39/h12-14,17-18,20-25,32-34,36-37,40,48-49,56H,8-11,15-16,19,26-31,35H2,1-7H3,(H2-2,57,58,59,65,66,67,70,71,72)/p+1/t48-,49-/m0/s1. The second-order valence-electron chi connectivity index (χ2n) is 19.3. The molecule has 1 fully saturated rings. The van der Waals surface area contributed by atoms with Crippen molar-refractivity contribution < 1.29 is 44.8 Å². The number of piperidine rings is 1. The number of sulfonamides is 1. The number of rotatable bonds is 23. The van der Waals surface area contributed by atoms with Crippen LogP contribution in [-0.4, -0.2) is 120 Å². The highest BCUT2D eigenvalue weighted by atomic mass is 32.2. The van der Waals surface area contributed by atoms with Gasteiger partial charge >= 0.3 is 0 Å². The van der Waals surface area contributed by atoms with Crippen molar-refractivity contribution in [2.24, 2.45) is 7.05 Å². The Bertz CT molecular complexity index is 3250. The van der Waals surface area contributed by atoms with E-state index in [1.807, 2.05) is 130 Å². The number of unbranched alkanes of at least 4 members (excludes halogenated alkanes) is 1. The zero-order valence-corrected chi connectivity index (χ0v) is 45.7. The maximum absolute atomic E-state index is 14.1. The van der Waals surface area contributed by atoms with Gasteiger partial charge in [0.25, 0.3) is 0 Å². The van der Waals surface area contributed by atoms with Gasteiger partial charge in [-0.1, -0.05) is 36.4 Å². The second-order valence-corrected chi connectivity index (χ2v) is 22.4. The van der Waals surface area contributed by atoms with Crippen molar-refractivity contribution in [1.29, 1.82) is 0 Å². The third-order valence-corrected chi connectivity index (χ3v) is 16.4. The number of imidazole rings is 1. The van der Waals surface area contributed by atoms with Gasteiger partial charge in [0.1, 0.15) is 65.1 Å². The summed E-state index contributed by atoms with van der Waals surface area (Å²) < 4.78 is 82.4. The lowest BCUT2D eigenvalue weighted by atomic mass is 9.93. The summed E-state index contributed by atoms with van der Waals surface area (Å²) >= 11 is 0. The van der Waals surface area contributed by atoms with Crippen LogP contribution in [0.5, 0.6) is 0 Å². The van der Waals surface area contributed by atoms with Crippen LogP contribution in [0.4, 0.5) is 5.69 Å². The fourth-order valence-corrected chi connectivity index (χ4v) is 11.8. The number of hydrogen-bond donors (Lipinski definition) is 4. The molecular formula is C55H72N9O9S2+. The zero-order chi connectivity index (χ0) is 54.0. The van der Waals surface area contributed by atoms with E-state index in [0.717, 1.165) is 80.5 Å². The number of fused-ring (bicyclic) bond motifs is 2. The van der Waals surface area contributed by atoms with Crippen molar-refractivity contribution in [3.8, 4) is 22.5 Å². The Morgan fingerprint density at radius 2 is 1.55 bits per heavy atom. The number of benzene rings is 4. The SMILES string of the molecule is CCN(CC)c1ccc2c(-c3ccc(S(=O)(=O)NCCCC[C@H](NC(C)=O)C(=O)N[C@@H](Cc4c[n+](Cc5ccccc5)cn4C)C(=O)NC4CCN(C)CC4)cc3S(=O)(=O)[O-])c3ccc(=[N+](CC)CC)cc-3oc2c1. The van der Waals surface area contributed by atoms with Gasteiger partial charge in [0.2, 0.25) is 39.4 Å². The van der Waals surface area contributed by atoms with Crippen LogP contribution >= 0.6 is 0 Å². The number of nitrogens with one attached hydrogen (secondary N) is 4. The molecule has 0 bridgehead atoms. The Morgan fingerprint density at radius 3 is 2.21 bits per heavy atom. The van der Waals surface area contributed by atoms with Gasteiger partial charge in [-0.25, -0.2) is 35.3 Å². The molecular weight excluding hydrogens is 995 g/mol. The first kappa shape index (κ1) is 56.3. The van der Waals surface area contributed by atoms with E-state index in [4.69, 9.17) is 4.42 Å². The first-order chi connectivity index (χ1) is 35.8. The molecule has 75 heavy (non-hydrogen) atoms. The maximum atomic E-state index is 14.1. The van der Waals surface area contributed by atoms with Crippen molar-refractivity contribution in [3.63, 3.8) is 0 Å². The summed E-state index contributed by atoms with van der Waals surface area (Å²) in [4.78, 5) is 43.7. The fourth-order valence-electron chi connectivity index (χ4n) is 9.92. The molecule has 3 aromatic carbocycles. The van der Waals surface area contributed by atoms with Crippen LogP contribution < -0.4 is 40.1 Å². The monoisotopic (exact) mass is 1070 g/mol. The van der Waals surface area contributed by atoms with E-state index in [2.05, 4.69) is 35.0 Å². The number of amides is 3. The Labute approximate surface area is 441 Å². The van der Waals surface area contributed by atoms with Gasteiger partial charge in [-0.15, -0.1) is 0 Å². The molecule has 1 aliphatic carbocycles. The maximum Gasteiger partial charge on any atom is 0.244 e. The topological polar surface area (TPSA) is 222 Å². The Balaban J connectivity index is 1.08. The summed E-state index contributed by atoms with van der Waals surface area (Å²) in [5.74, 6) is -0.897. The Kier molecular flexibility index (Phi) is 18.7. The largest absolute Gasteiger partial charge is 0.744 e. The number of likely N-dealkylation sites (tertiary alicyclic amines) is 1. The number of hydrogen-bond acceptors (Lipinski definition) is 11. The molecule has 18 nitrogen and oxygen atoms in total. The van der Waals surface area contributed by atoms with Crippen LogP contribution in [0.15, 0.2) is 112 Å². The number of aryl methyl sites for hydroxylation is 1. The molecule has 4 aromatic rings. The van der Waals surface area contributed by atoms with E-state index in [1.54, 1.807) is 0 Å². The third-order valence-electron chi connectivity index (χ3n) is 14.1. The molecule has 2 aliphatic heterocycles. The molecule has 20 heteroatoms. The lowest BCUT2D eigenvalue weighted by molar-refractivity contribution is -0.688. The quantitative estimate of drug-likeness (QED) is 0.0306. The summed E-state index contributed by atoms with van der Waals surface area (Å²) in [6.45, 7) is 14.5. The minimum Gasteiger partial charge on any atom is -0.744 e. The van der Waals surface area contributed by atoms with E-state index in [0.29, 0.717) is 34.4 Å². The van der Waals surface area contributed by atoms with Gasteiger partial charge in [0, 0.05) is 78.9 Å². The van der Waals surface area contributed by atoms with Crippen LogP contribution in [-0.2, 0) is 54.5 Å². The summed E-state index contributed by atoms with van der Waals surface area (Å²) in [5, 5.41) is 10.2. The van der Waals surface area contributed by atoms with Crippen molar-refractivity contribution in [3.05, 3.63) is 114 Å². The molecule has 3 aliphatic rings. The molecule has 1 aromatic heterocycles.